The maximum atomic E-state index is 11.4. The van der Waals surface area contributed by atoms with Gasteiger partial charge in [0.1, 0.15) is 5.25 Å². The van der Waals surface area contributed by atoms with E-state index in [1.165, 1.54) is 18.9 Å². The molecule has 0 saturated carbocycles. The number of thioether (sulfide) groups is 1. The topological polar surface area (TPSA) is 70.2 Å². The van der Waals surface area contributed by atoms with E-state index in [4.69, 9.17) is 9.15 Å². The highest BCUT2D eigenvalue weighted by Gasteiger charge is 2.21. The molecule has 19 heavy (non-hydrogen) atoms. The summed E-state index contributed by atoms with van der Waals surface area (Å²) in [6.45, 7) is 4.46. The molecule has 1 atom stereocenters. The molecule has 0 amide bonds. The first kappa shape index (κ1) is 13.7. The molecule has 0 aliphatic carbocycles. The summed E-state index contributed by atoms with van der Waals surface area (Å²) in [6, 6.07) is 3.63. The summed E-state index contributed by atoms with van der Waals surface area (Å²) in [7, 11) is 1.37. The van der Waals surface area contributed by atoms with Gasteiger partial charge in [0.15, 0.2) is 16.7 Å². The zero-order valence-corrected chi connectivity index (χ0v) is 11.8. The molecule has 0 aromatic carbocycles. The number of rotatable bonds is 5. The van der Waals surface area contributed by atoms with Gasteiger partial charge in [0.05, 0.1) is 13.4 Å². The molecule has 0 radical (unpaired) electrons. The van der Waals surface area contributed by atoms with Gasteiger partial charge in [-0.3, -0.25) is 9.36 Å². The minimum atomic E-state index is -0.330. The van der Waals surface area contributed by atoms with Crippen LogP contribution >= 0.6 is 11.8 Å². The summed E-state index contributed by atoms with van der Waals surface area (Å²) in [4.78, 5) is 11.4. The maximum Gasteiger partial charge on any atom is 0.318 e. The lowest BCUT2D eigenvalue weighted by Gasteiger charge is -2.09. The van der Waals surface area contributed by atoms with E-state index in [0.717, 1.165) is 0 Å². The van der Waals surface area contributed by atoms with E-state index in [1.807, 2.05) is 17.6 Å². The molecule has 0 bridgehead atoms. The van der Waals surface area contributed by atoms with Crippen LogP contribution in [0.5, 0.6) is 0 Å². The molecule has 0 spiro atoms. The highest BCUT2D eigenvalue weighted by Crippen LogP contribution is 2.27. The SMILES string of the molecule is CCn1c(SC(C)C(=O)OC)nnc1-c1ccco1. The third-order valence-electron chi connectivity index (χ3n) is 2.59. The summed E-state index contributed by atoms with van der Waals surface area (Å²) < 4.78 is 11.9. The van der Waals surface area contributed by atoms with Crippen molar-refractivity contribution in [3.05, 3.63) is 18.4 Å². The van der Waals surface area contributed by atoms with Crippen LogP contribution in [-0.2, 0) is 16.1 Å². The minimum absolute atomic E-state index is 0.282. The Morgan fingerprint density at radius 2 is 2.37 bits per heavy atom. The van der Waals surface area contributed by atoms with Gasteiger partial charge in [-0.1, -0.05) is 11.8 Å². The summed E-state index contributed by atoms with van der Waals surface area (Å²) in [5.41, 5.74) is 0. The van der Waals surface area contributed by atoms with Crippen LogP contribution in [0.15, 0.2) is 28.0 Å². The fourth-order valence-corrected chi connectivity index (χ4v) is 2.56. The fourth-order valence-electron chi connectivity index (χ4n) is 1.62. The van der Waals surface area contributed by atoms with E-state index in [1.54, 1.807) is 19.3 Å². The first-order valence-corrected chi connectivity index (χ1v) is 6.76. The molecule has 0 saturated heterocycles. The number of furan rings is 1. The zero-order valence-electron chi connectivity index (χ0n) is 11.0. The Kier molecular flexibility index (Phi) is 4.26. The molecular formula is C12H15N3O3S. The normalized spacial score (nSPS) is 12.4. The molecule has 0 aliphatic rings. The zero-order chi connectivity index (χ0) is 13.8. The summed E-state index contributed by atoms with van der Waals surface area (Å²) in [5.74, 6) is 1.04. The minimum Gasteiger partial charge on any atom is -0.468 e. The molecule has 102 valence electrons. The molecule has 0 aliphatic heterocycles. The van der Waals surface area contributed by atoms with Crippen LogP contribution in [0.4, 0.5) is 0 Å². The van der Waals surface area contributed by atoms with Crippen molar-refractivity contribution in [3.8, 4) is 11.6 Å². The van der Waals surface area contributed by atoms with Crippen LogP contribution in [0, 0.1) is 0 Å². The Bertz CT molecular complexity index is 551. The number of esters is 1. The molecule has 6 nitrogen and oxygen atoms in total. The van der Waals surface area contributed by atoms with E-state index in [9.17, 15) is 4.79 Å². The van der Waals surface area contributed by atoms with Crippen molar-refractivity contribution < 1.29 is 13.9 Å². The third-order valence-corrected chi connectivity index (χ3v) is 3.65. The lowest BCUT2D eigenvalue weighted by atomic mass is 10.4. The summed E-state index contributed by atoms with van der Waals surface area (Å²) in [5, 5.41) is 8.56. The van der Waals surface area contributed by atoms with Crippen molar-refractivity contribution in [3.63, 3.8) is 0 Å². The standard InChI is InChI=1S/C12H15N3O3S/c1-4-15-10(9-6-5-7-18-9)13-14-12(15)19-8(2)11(16)17-3/h5-8H,4H2,1-3H3. The number of hydrogen-bond acceptors (Lipinski definition) is 6. The van der Waals surface area contributed by atoms with E-state index in [0.29, 0.717) is 23.3 Å². The predicted molar refractivity (Wildman–Crippen MR) is 70.7 cm³/mol. The van der Waals surface area contributed by atoms with Crippen molar-refractivity contribution in [2.75, 3.05) is 7.11 Å². The maximum absolute atomic E-state index is 11.4. The van der Waals surface area contributed by atoms with Gasteiger partial charge in [-0.25, -0.2) is 0 Å². The van der Waals surface area contributed by atoms with Crippen molar-refractivity contribution in [2.24, 2.45) is 0 Å². The molecule has 1 unspecified atom stereocenters. The quantitative estimate of drug-likeness (QED) is 0.618. The predicted octanol–water partition coefficient (Wildman–Crippen LogP) is 2.21. The second-order valence-corrected chi connectivity index (χ2v) is 5.12. The fraction of sp³-hybridized carbons (Fsp3) is 0.417. The molecular weight excluding hydrogens is 266 g/mol. The lowest BCUT2D eigenvalue weighted by Crippen LogP contribution is -2.15. The number of aromatic nitrogens is 3. The van der Waals surface area contributed by atoms with Gasteiger partial charge in [-0.15, -0.1) is 10.2 Å². The molecule has 2 rings (SSSR count). The number of ether oxygens (including phenoxy) is 1. The van der Waals surface area contributed by atoms with E-state index in [2.05, 4.69) is 10.2 Å². The average Bonchev–Trinajstić information content (AvgIpc) is 3.05. The largest absolute Gasteiger partial charge is 0.468 e. The highest BCUT2D eigenvalue weighted by molar-refractivity contribution is 8.00. The Morgan fingerprint density at radius 1 is 1.58 bits per heavy atom. The van der Waals surface area contributed by atoms with Crippen LogP contribution in [0.3, 0.4) is 0 Å². The van der Waals surface area contributed by atoms with Crippen LogP contribution in [0.25, 0.3) is 11.6 Å². The smallest absolute Gasteiger partial charge is 0.318 e. The monoisotopic (exact) mass is 281 g/mol. The first-order chi connectivity index (χ1) is 9.17. The Labute approximate surface area is 115 Å². The Hall–Kier alpha value is -1.76. The van der Waals surface area contributed by atoms with Crippen molar-refractivity contribution >= 4 is 17.7 Å². The Morgan fingerprint density at radius 3 is 2.95 bits per heavy atom. The number of hydrogen-bond donors (Lipinski definition) is 0. The molecule has 2 heterocycles. The number of methoxy groups -OCH3 is 1. The number of carbonyl (C=O) groups excluding carboxylic acids is 1. The second-order valence-electron chi connectivity index (χ2n) is 3.81. The van der Waals surface area contributed by atoms with Crippen molar-refractivity contribution in [2.45, 2.75) is 30.8 Å². The van der Waals surface area contributed by atoms with Crippen LogP contribution < -0.4 is 0 Å². The first-order valence-electron chi connectivity index (χ1n) is 5.89. The van der Waals surface area contributed by atoms with Gasteiger partial charge in [0.2, 0.25) is 0 Å². The van der Waals surface area contributed by atoms with Crippen LogP contribution in [0.1, 0.15) is 13.8 Å². The summed E-state index contributed by atoms with van der Waals surface area (Å²) >= 11 is 1.32. The van der Waals surface area contributed by atoms with Crippen molar-refractivity contribution in [1.82, 2.24) is 14.8 Å². The number of nitrogens with zero attached hydrogens (tertiary/aromatic N) is 3. The number of carbonyl (C=O) groups is 1. The molecule has 0 fully saturated rings. The van der Waals surface area contributed by atoms with Gasteiger partial charge >= 0.3 is 5.97 Å². The second kappa shape index (κ2) is 5.92. The molecule has 2 aromatic heterocycles. The van der Waals surface area contributed by atoms with E-state index < -0.39 is 0 Å². The van der Waals surface area contributed by atoms with Gasteiger partial charge in [-0.05, 0) is 26.0 Å². The average molecular weight is 281 g/mol. The van der Waals surface area contributed by atoms with Crippen LogP contribution in [-0.4, -0.2) is 33.1 Å². The molecule has 0 N–H and O–H groups in total. The van der Waals surface area contributed by atoms with Crippen LogP contribution in [0.2, 0.25) is 0 Å². The van der Waals surface area contributed by atoms with Crippen molar-refractivity contribution in [1.29, 1.82) is 0 Å². The van der Waals surface area contributed by atoms with Gasteiger partial charge in [0.25, 0.3) is 0 Å². The van der Waals surface area contributed by atoms with E-state index >= 15 is 0 Å². The third kappa shape index (κ3) is 2.81. The highest BCUT2D eigenvalue weighted by atomic mass is 32.2. The van der Waals surface area contributed by atoms with E-state index in [-0.39, 0.29) is 11.2 Å². The van der Waals surface area contributed by atoms with Gasteiger partial charge in [0, 0.05) is 6.54 Å². The Balaban J connectivity index is 2.25. The van der Waals surface area contributed by atoms with Gasteiger partial charge < -0.3 is 9.15 Å². The summed E-state index contributed by atoms with van der Waals surface area (Å²) in [6.07, 6.45) is 1.59. The lowest BCUT2D eigenvalue weighted by molar-refractivity contribution is -0.139. The molecule has 2 aromatic rings. The van der Waals surface area contributed by atoms with Gasteiger partial charge in [-0.2, -0.15) is 0 Å². The molecule has 7 heteroatoms.